The predicted molar refractivity (Wildman–Crippen MR) is 96.0 cm³/mol. The molecular formula is C17H25ClN4O2. The lowest BCUT2D eigenvalue weighted by atomic mass is 10.2. The maximum atomic E-state index is 12.4. The van der Waals surface area contributed by atoms with Crippen molar-refractivity contribution in [3.05, 3.63) is 17.3 Å². The SMILES string of the molecule is Cc1cn(CC2CCCN2C(=O)OC(C)(C)C)c2c1C(Cl)=NCN2. The molecule has 1 atom stereocenters. The Morgan fingerprint density at radius 2 is 2.25 bits per heavy atom. The molecular weight excluding hydrogens is 328 g/mol. The van der Waals surface area contributed by atoms with E-state index in [0.717, 1.165) is 42.9 Å². The highest BCUT2D eigenvalue weighted by atomic mass is 35.5. The number of hydrogen-bond acceptors (Lipinski definition) is 4. The van der Waals surface area contributed by atoms with Gasteiger partial charge in [-0.15, -0.1) is 0 Å². The van der Waals surface area contributed by atoms with Gasteiger partial charge in [-0.1, -0.05) is 11.6 Å². The Bertz CT molecular complexity index is 675. The van der Waals surface area contributed by atoms with Crippen molar-refractivity contribution in [3.8, 4) is 0 Å². The number of amides is 1. The molecule has 2 aliphatic rings. The topological polar surface area (TPSA) is 58.9 Å². The third kappa shape index (κ3) is 3.38. The molecule has 6 nitrogen and oxygen atoms in total. The molecule has 1 fully saturated rings. The second-order valence-electron chi connectivity index (χ2n) is 7.44. The maximum absolute atomic E-state index is 12.4. The molecule has 1 aromatic heterocycles. The maximum Gasteiger partial charge on any atom is 0.410 e. The summed E-state index contributed by atoms with van der Waals surface area (Å²) in [6.07, 6.45) is 3.83. The average Bonchev–Trinajstić information content (AvgIpc) is 3.04. The van der Waals surface area contributed by atoms with Crippen LogP contribution in [0.5, 0.6) is 0 Å². The van der Waals surface area contributed by atoms with Crippen molar-refractivity contribution in [2.75, 3.05) is 18.5 Å². The van der Waals surface area contributed by atoms with E-state index in [1.54, 1.807) is 0 Å². The third-order valence-electron chi connectivity index (χ3n) is 4.35. The molecule has 1 aromatic rings. The van der Waals surface area contributed by atoms with Crippen molar-refractivity contribution in [3.63, 3.8) is 0 Å². The first-order chi connectivity index (χ1) is 11.3. The molecule has 7 heteroatoms. The number of nitrogens with one attached hydrogen (secondary N) is 1. The van der Waals surface area contributed by atoms with Gasteiger partial charge in [-0.3, -0.25) is 4.99 Å². The van der Waals surface area contributed by atoms with Gasteiger partial charge in [-0.05, 0) is 46.1 Å². The fourth-order valence-corrected chi connectivity index (χ4v) is 3.66. The second kappa shape index (κ2) is 6.31. The van der Waals surface area contributed by atoms with E-state index in [4.69, 9.17) is 16.3 Å². The van der Waals surface area contributed by atoms with Gasteiger partial charge in [-0.25, -0.2) is 4.79 Å². The van der Waals surface area contributed by atoms with Gasteiger partial charge in [-0.2, -0.15) is 0 Å². The molecule has 1 amide bonds. The number of rotatable bonds is 2. The summed E-state index contributed by atoms with van der Waals surface area (Å²) in [4.78, 5) is 18.5. The van der Waals surface area contributed by atoms with Gasteiger partial charge in [0.25, 0.3) is 0 Å². The molecule has 0 aromatic carbocycles. The summed E-state index contributed by atoms with van der Waals surface area (Å²) in [7, 11) is 0. The minimum Gasteiger partial charge on any atom is -0.444 e. The first-order valence-corrected chi connectivity index (χ1v) is 8.77. The van der Waals surface area contributed by atoms with Crippen molar-refractivity contribution in [1.29, 1.82) is 0 Å². The van der Waals surface area contributed by atoms with E-state index < -0.39 is 5.60 Å². The van der Waals surface area contributed by atoms with Crippen LogP contribution in [-0.2, 0) is 11.3 Å². The molecule has 2 aliphatic heterocycles. The first-order valence-electron chi connectivity index (χ1n) is 8.40. The van der Waals surface area contributed by atoms with Crippen LogP contribution in [0.25, 0.3) is 0 Å². The lowest BCUT2D eigenvalue weighted by Crippen LogP contribution is -2.41. The van der Waals surface area contributed by atoms with Gasteiger partial charge in [0.1, 0.15) is 23.3 Å². The summed E-state index contributed by atoms with van der Waals surface area (Å²) < 4.78 is 7.69. The first kappa shape index (κ1) is 17.1. The van der Waals surface area contributed by atoms with Crippen molar-refractivity contribution in [2.24, 2.45) is 4.99 Å². The molecule has 24 heavy (non-hydrogen) atoms. The molecule has 1 saturated heterocycles. The average molecular weight is 353 g/mol. The summed E-state index contributed by atoms with van der Waals surface area (Å²) in [5, 5.41) is 3.85. The van der Waals surface area contributed by atoms with Crippen molar-refractivity contribution in [2.45, 2.75) is 58.7 Å². The number of carbonyl (C=O) groups is 1. The van der Waals surface area contributed by atoms with Crippen LogP contribution in [0.15, 0.2) is 11.2 Å². The van der Waals surface area contributed by atoms with E-state index >= 15 is 0 Å². The standard InChI is InChI=1S/C17H25ClN4O2/c1-11-8-21(15-13(11)14(18)19-10-20-15)9-12-6-5-7-22(12)16(23)24-17(2,3)4/h8,12,20H,5-7,9-10H2,1-4H3. The molecule has 3 rings (SSSR count). The monoisotopic (exact) mass is 352 g/mol. The van der Waals surface area contributed by atoms with Crippen LogP contribution in [0, 0.1) is 6.92 Å². The number of nitrogens with zero attached hydrogens (tertiary/aromatic N) is 3. The molecule has 1 unspecified atom stereocenters. The molecule has 0 radical (unpaired) electrons. The Hall–Kier alpha value is -1.69. The number of likely N-dealkylation sites (tertiary alicyclic amines) is 1. The highest BCUT2D eigenvalue weighted by Crippen LogP contribution is 2.30. The van der Waals surface area contributed by atoms with Crippen LogP contribution in [0.2, 0.25) is 0 Å². The summed E-state index contributed by atoms with van der Waals surface area (Å²) in [6, 6.07) is 0.134. The summed E-state index contributed by atoms with van der Waals surface area (Å²) >= 11 is 6.25. The number of ether oxygens (including phenoxy) is 1. The Balaban J connectivity index is 1.78. The molecule has 0 bridgehead atoms. The Morgan fingerprint density at radius 1 is 1.50 bits per heavy atom. The minimum atomic E-state index is -0.473. The number of fused-ring (bicyclic) bond motifs is 1. The Labute approximate surface area is 147 Å². The van der Waals surface area contributed by atoms with Crippen molar-refractivity contribution >= 4 is 28.7 Å². The highest BCUT2D eigenvalue weighted by molar-refractivity contribution is 6.70. The summed E-state index contributed by atoms with van der Waals surface area (Å²) in [6.45, 7) is 9.67. The van der Waals surface area contributed by atoms with Gasteiger partial charge in [0, 0.05) is 19.3 Å². The van der Waals surface area contributed by atoms with Crippen LogP contribution < -0.4 is 5.32 Å². The highest BCUT2D eigenvalue weighted by Gasteiger charge is 2.33. The molecule has 132 valence electrons. The van der Waals surface area contributed by atoms with Gasteiger partial charge in [0.2, 0.25) is 0 Å². The summed E-state index contributed by atoms with van der Waals surface area (Å²) in [5.41, 5.74) is 1.58. The Kier molecular flexibility index (Phi) is 4.51. The number of anilines is 1. The minimum absolute atomic E-state index is 0.134. The van der Waals surface area contributed by atoms with E-state index in [2.05, 4.69) is 21.1 Å². The lowest BCUT2D eigenvalue weighted by Gasteiger charge is -2.29. The predicted octanol–water partition coefficient (Wildman–Crippen LogP) is 3.56. The van der Waals surface area contributed by atoms with Crippen molar-refractivity contribution < 1.29 is 9.53 Å². The van der Waals surface area contributed by atoms with E-state index in [1.165, 1.54) is 0 Å². The van der Waals surface area contributed by atoms with Crippen molar-refractivity contribution in [1.82, 2.24) is 9.47 Å². The molecule has 3 heterocycles. The third-order valence-corrected chi connectivity index (χ3v) is 4.66. The normalized spacial score (nSPS) is 20.5. The smallest absolute Gasteiger partial charge is 0.410 e. The van der Waals surface area contributed by atoms with Crippen LogP contribution in [0.3, 0.4) is 0 Å². The van der Waals surface area contributed by atoms with E-state index in [-0.39, 0.29) is 12.1 Å². The number of halogens is 1. The van der Waals surface area contributed by atoms with Crippen LogP contribution >= 0.6 is 11.6 Å². The number of aryl methyl sites for hydroxylation is 1. The van der Waals surface area contributed by atoms with E-state index in [0.29, 0.717) is 11.8 Å². The molecule has 1 N–H and O–H groups in total. The quantitative estimate of drug-likeness (QED) is 0.885. The zero-order valence-electron chi connectivity index (χ0n) is 14.7. The van der Waals surface area contributed by atoms with Gasteiger partial charge >= 0.3 is 6.09 Å². The Morgan fingerprint density at radius 3 is 2.96 bits per heavy atom. The fraction of sp³-hybridized carbons (Fsp3) is 0.647. The fourth-order valence-electron chi connectivity index (χ4n) is 3.36. The van der Waals surface area contributed by atoms with Gasteiger partial charge < -0.3 is 19.5 Å². The number of aromatic nitrogens is 1. The van der Waals surface area contributed by atoms with Gasteiger partial charge in [0.15, 0.2) is 0 Å². The number of carbonyl (C=O) groups excluding carboxylic acids is 1. The van der Waals surface area contributed by atoms with Crippen LogP contribution in [-0.4, -0.2) is 45.6 Å². The van der Waals surface area contributed by atoms with Crippen LogP contribution in [0.1, 0.15) is 44.7 Å². The second-order valence-corrected chi connectivity index (χ2v) is 7.80. The zero-order valence-corrected chi connectivity index (χ0v) is 15.5. The molecule has 0 spiro atoms. The van der Waals surface area contributed by atoms with E-state index in [9.17, 15) is 4.79 Å². The lowest BCUT2D eigenvalue weighted by molar-refractivity contribution is 0.0214. The number of aliphatic imine (C=N–C) groups is 1. The zero-order chi connectivity index (χ0) is 17.5. The van der Waals surface area contributed by atoms with Gasteiger partial charge in [0.05, 0.1) is 11.6 Å². The largest absolute Gasteiger partial charge is 0.444 e. The molecule has 0 saturated carbocycles. The molecule has 0 aliphatic carbocycles. The van der Waals surface area contributed by atoms with E-state index in [1.807, 2.05) is 32.6 Å². The summed E-state index contributed by atoms with van der Waals surface area (Å²) in [5.74, 6) is 0.989. The van der Waals surface area contributed by atoms with Crippen LogP contribution in [0.4, 0.5) is 10.6 Å². The number of hydrogen-bond donors (Lipinski definition) is 1.